The lowest BCUT2D eigenvalue weighted by atomic mass is 10.1. The van der Waals surface area contributed by atoms with E-state index in [1.54, 1.807) is 29.2 Å². The molecule has 0 spiro atoms. The predicted octanol–water partition coefficient (Wildman–Crippen LogP) is 2.50. The lowest BCUT2D eigenvalue weighted by molar-refractivity contribution is -0.148. The first-order chi connectivity index (χ1) is 14.4. The minimum atomic E-state index is -0.570. The van der Waals surface area contributed by atoms with Crippen LogP contribution in [-0.2, 0) is 14.3 Å². The zero-order chi connectivity index (χ0) is 21.4. The van der Waals surface area contributed by atoms with Gasteiger partial charge in [0.05, 0.1) is 23.6 Å². The molecule has 1 saturated heterocycles. The molecule has 0 unspecified atom stereocenters. The number of rotatable bonds is 5. The van der Waals surface area contributed by atoms with Crippen LogP contribution in [0.3, 0.4) is 0 Å². The van der Waals surface area contributed by atoms with Crippen molar-refractivity contribution in [1.82, 2.24) is 4.90 Å². The summed E-state index contributed by atoms with van der Waals surface area (Å²) >= 11 is 0. The highest BCUT2D eigenvalue weighted by atomic mass is 16.5. The molecule has 2 heterocycles. The quantitative estimate of drug-likeness (QED) is 0.563. The summed E-state index contributed by atoms with van der Waals surface area (Å²) in [4.78, 5) is 52.4. The molecule has 0 radical (unpaired) electrons. The van der Waals surface area contributed by atoms with Crippen molar-refractivity contribution < 1.29 is 23.9 Å². The molecule has 7 heteroatoms. The van der Waals surface area contributed by atoms with Crippen LogP contribution in [-0.4, -0.2) is 48.3 Å². The van der Waals surface area contributed by atoms with Crippen molar-refractivity contribution >= 4 is 29.4 Å². The van der Waals surface area contributed by atoms with E-state index in [0.717, 1.165) is 21.7 Å². The molecular weight excluding hydrogens is 384 g/mol. The average molecular weight is 406 g/mol. The number of esters is 1. The standard InChI is InChI=1S/C23H22N2O5/c1-14-6-5-9-19(15(14)2)25-13-16(12-20(25)26)23(29)30-11-10-24-21(27)17-7-3-4-8-18(17)22(24)28/h3-9,16H,10-13H2,1-2H3/t16-/m1/s1. The van der Waals surface area contributed by atoms with Crippen LogP contribution in [0.1, 0.15) is 38.3 Å². The van der Waals surface area contributed by atoms with Crippen LogP contribution >= 0.6 is 0 Å². The van der Waals surface area contributed by atoms with Crippen molar-refractivity contribution in [3.05, 3.63) is 64.7 Å². The first-order valence-corrected chi connectivity index (χ1v) is 9.87. The summed E-state index contributed by atoms with van der Waals surface area (Å²) < 4.78 is 5.31. The number of amides is 3. The zero-order valence-electron chi connectivity index (χ0n) is 16.9. The molecule has 30 heavy (non-hydrogen) atoms. The minimum absolute atomic E-state index is 0.0144. The van der Waals surface area contributed by atoms with Gasteiger partial charge in [0.25, 0.3) is 11.8 Å². The zero-order valence-corrected chi connectivity index (χ0v) is 16.9. The molecule has 0 saturated carbocycles. The van der Waals surface area contributed by atoms with Crippen LogP contribution < -0.4 is 4.90 Å². The molecule has 2 aliphatic rings. The molecule has 7 nitrogen and oxygen atoms in total. The molecular formula is C23H22N2O5. The Kier molecular flexibility index (Phi) is 5.11. The molecule has 3 amide bonds. The van der Waals surface area contributed by atoms with Gasteiger partial charge in [-0.2, -0.15) is 0 Å². The monoisotopic (exact) mass is 406 g/mol. The highest BCUT2D eigenvalue weighted by Gasteiger charge is 2.38. The highest BCUT2D eigenvalue weighted by Crippen LogP contribution is 2.30. The van der Waals surface area contributed by atoms with Crippen LogP contribution in [0.15, 0.2) is 42.5 Å². The summed E-state index contributed by atoms with van der Waals surface area (Å²) in [6, 6.07) is 12.3. The van der Waals surface area contributed by atoms with E-state index < -0.39 is 11.9 Å². The van der Waals surface area contributed by atoms with E-state index in [4.69, 9.17) is 4.74 Å². The topological polar surface area (TPSA) is 84.0 Å². The second-order valence-corrected chi connectivity index (χ2v) is 7.60. The molecule has 0 N–H and O–H groups in total. The molecule has 1 fully saturated rings. The number of benzene rings is 2. The van der Waals surface area contributed by atoms with Gasteiger partial charge in [0.15, 0.2) is 0 Å². The van der Waals surface area contributed by atoms with Gasteiger partial charge < -0.3 is 9.64 Å². The minimum Gasteiger partial charge on any atom is -0.464 e. The third-order valence-electron chi connectivity index (χ3n) is 5.76. The Morgan fingerprint density at radius 1 is 1.00 bits per heavy atom. The number of imide groups is 1. The summed E-state index contributed by atoms with van der Waals surface area (Å²) in [5.74, 6) is -1.95. The SMILES string of the molecule is Cc1cccc(N2C[C@H](C(=O)OCCN3C(=O)c4ccccc4C3=O)CC2=O)c1C. The largest absolute Gasteiger partial charge is 0.464 e. The van der Waals surface area contributed by atoms with Crippen molar-refractivity contribution in [1.29, 1.82) is 0 Å². The van der Waals surface area contributed by atoms with Crippen molar-refractivity contribution in [3.63, 3.8) is 0 Å². The van der Waals surface area contributed by atoms with Gasteiger partial charge in [-0.05, 0) is 43.2 Å². The number of hydrogen-bond acceptors (Lipinski definition) is 5. The molecule has 2 aromatic rings. The summed E-state index contributed by atoms with van der Waals surface area (Å²) in [6.07, 6.45) is 0.0826. The Morgan fingerprint density at radius 2 is 1.67 bits per heavy atom. The van der Waals surface area contributed by atoms with Crippen molar-refractivity contribution in [2.75, 3.05) is 24.6 Å². The molecule has 2 aromatic carbocycles. The third-order valence-corrected chi connectivity index (χ3v) is 5.76. The number of anilines is 1. The fraction of sp³-hybridized carbons (Fsp3) is 0.304. The van der Waals surface area contributed by atoms with E-state index in [1.807, 2.05) is 32.0 Å². The second kappa shape index (κ2) is 7.74. The Bertz CT molecular complexity index is 1030. The number of carbonyl (C=O) groups is 4. The van der Waals surface area contributed by atoms with Gasteiger partial charge in [0.1, 0.15) is 6.61 Å². The molecule has 2 aliphatic heterocycles. The smallest absolute Gasteiger partial charge is 0.311 e. The van der Waals surface area contributed by atoms with E-state index in [9.17, 15) is 19.2 Å². The second-order valence-electron chi connectivity index (χ2n) is 7.60. The first-order valence-electron chi connectivity index (χ1n) is 9.87. The van der Waals surface area contributed by atoms with Crippen LogP contribution in [0.2, 0.25) is 0 Å². The van der Waals surface area contributed by atoms with E-state index in [0.29, 0.717) is 11.1 Å². The fourth-order valence-corrected chi connectivity index (χ4v) is 3.92. The first kappa shape index (κ1) is 19.8. The fourth-order valence-electron chi connectivity index (χ4n) is 3.92. The Labute approximate surface area is 174 Å². The Balaban J connectivity index is 1.34. The summed E-state index contributed by atoms with van der Waals surface area (Å²) in [6.45, 7) is 4.07. The molecule has 1 atom stereocenters. The van der Waals surface area contributed by atoms with Gasteiger partial charge in [-0.3, -0.25) is 24.1 Å². The number of aryl methyl sites for hydroxylation is 1. The van der Waals surface area contributed by atoms with Crippen molar-refractivity contribution in [2.24, 2.45) is 5.92 Å². The Hall–Kier alpha value is -3.48. The van der Waals surface area contributed by atoms with Gasteiger partial charge in [-0.1, -0.05) is 24.3 Å². The number of fused-ring (bicyclic) bond motifs is 1. The van der Waals surface area contributed by atoms with Crippen LogP contribution in [0.25, 0.3) is 0 Å². The van der Waals surface area contributed by atoms with E-state index in [2.05, 4.69) is 0 Å². The summed E-state index contributed by atoms with van der Waals surface area (Å²) in [5, 5.41) is 0. The highest BCUT2D eigenvalue weighted by molar-refractivity contribution is 6.21. The van der Waals surface area contributed by atoms with Crippen molar-refractivity contribution in [3.8, 4) is 0 Å². The van der Waals surface area contributed by atoms with E-state index in [-0.39, 0.29) is 43.8 Å². The molecule has 0 aromatic heterocycles. The molecule has 0 bridgehead atoms. The van der Waals surface area contributed by atoms with Crippen LogP contribution in [0.5, 0.6) is 0 Å². The number of ether oxygens (including phenoxy) is 1. The average Bonchev–Trinajstić information content (AvgIpc) is 3.23. The summed E-state index contributed by atoms with van der Waals surface area (Å²) in [7, 11) is 0. The molecule has 154 valence electrons. The van der Waals surface area contributed by atoms with Crippen LogP contribution in [0, 0.1) is 19.8 Å². The molecule has 4 rings (SSSR count). The predicted molar refractivity (Wildman–Crippen MR) is 109 cm³/mol. The van der Waals surface area contributed by atoms with Crippen LogP contribution in [0.4, 0.5) is 5.69 Å². The number of carbonyl (C=O) groups excluding carboxylic acids is 4. The van der Waals surface area contributed by atoms with Gasteiger partial charge >= 0.3 is 5.97 Å². The lowest BCUT2D eigenvalue weighted by Crippen LogP contribution is -2.34. The van der Waals surface area contributed by atoms with Crippen molar-refractivity contribution in [2.45, 2.75) is 20.3 Å². The molecule has 0 aliphatic carbocycles. The lowest BCUT2D eigenvalue weighted by Gasteiger charge is -2.20. The van der Waals surface area contributed by atoms with Gasteiger partial charge in [-0.15, -0.1) is 0 Å². The van der Waals surface area contributed by atoms with Gasteiger partial charge in [0.2, 0.25) is 5.91 Å². The maximum atomic E-state index is 12.5. The maximum Gasteiger partial charge on any atom is 0.311 e. The Morgan fingerprint density at radius 3 is 2.33 bits per heavy atom. The number of hydrogen-bond donors (Lipinski definition) is 0. The van der Waals surface area contributed by atoms with E-state index in [1.165, 1.54) is 0 Å². The van der Waals surface area contributed by atoms with Gasteiger partial charge in [-0.25, -0.2) is 0 Å². The van der Waals surface area contributed by atoms with E-state index >= 15 is 0 Å². The summed E-state index contributed by atoms with van der Waals surface area (Å²) in [5.41, 5.74) is 3.61. The maximum absolute atomic E-state index is 12.5. The van der Waals surface area contributed by atoms with Gasteiger partial charge in [0, 0.05) is 18.7 Å². The number of nitrogens with zero attached hydrogens (tertiary/aromatic N) is 2. The third kappa shape index (κ3) is 3.36. The normalized spacial score (nSPS) is 18.2.